The summed E-state index contributed by atoms with van der Waals surface area (Å²) in [6.07, 6.45) is 0.719. The highest BCUT2D eigenvalue weighted by Crippen LogP contribution is 2.31. The van der Waals surface area contributed by atoms with Crippen molar-refractivity contribution in [2.75, 3.05) is 35.0 Å². The van der Waals surface area contributed by atoms with Crippen LogP contribution in [0.3, 0.4) is 0 Å². The second-order valence-electron chi connectivity index (χ2n) is 6.20. The first-order valence-electron chi connectivity index (χ1n) is 8.65. The van der Waals surface area contributed by atoms with Gasteiger partial charge in [0, 0.05) is 19.2 Å². The number of nitrogens with zero attached hydrogens (tertiary/aromatic N) is 1. The van der Waals surface area contributed by atoms with Crippen LogP contribution in [0.15, 0.2) is 30.3 Å². The third-order valence-electron chi connectivity index (χ3n) is 4.35. The summed E-state index contributed by atoms with van der Waals surface area (Å²) < 4.78 is 21.4. The molecule has 0 atom stereocenters. The lowest BCUT2D eigenvalue weighted by molar-refractivity contribution is -0.132. The Morgan fingerprint density at radius 2 is 1.57 bits per heavy atom. The highest BCUT2D eigenvalue weighted by Gasteiger charge is 2.15. The SMILES string of the molecule is COc1cc(C)c(CN(C)C(=O)COc2ccc(C=O)cc2OC)cc1OC. The molecule has 2 aromatic rings. The van der Waals surface area contributed by atoms with E-state index in [0.29, 0.717) is 35.1 Å². The predicted octanol–water partition coefficient (Wildman–Crippen LogP) is 2.87. The van der Waals surface area contributed by atoms with Crippen LogP contribution in [0.25, 0.3) is 0 Å². The van der Waals surface area contributed by atoms with Crippen LogP contribution in [0.4, 0.5) is 0 Å². The normalized spacial score (nSPS) is 10.2. The predicted molar refractivity (Wildman–Crippen MR) is 105 cm³/mol. The van der Waals surface area contributed by atoms with Crippen LogP contribution in [0.2, 0.25) is 0 Å². The molecule has 0 spiro atoms. The zero-order chi connectivity index (χ0) is 20.7. The van der Waals surface area contributed by atoms with Gasteiger partial charge >= 0.3 is 0 Å². The van der Waals surface area contributed by atoms with Crippen molar-refractivity contribution in [3.8, 4) is 23.0 Å². The Morgan fingerprint density at radius 3 is 2.18 bits per heavy atom. The van der Waals surface area contributed by atoms with Gasteiger partial charge in [-0.05, 0) is 48.4 Å². The van der Waals surface area contributed by atoms with Crippen molar-refractivity contribution in [3.05, 3.63) is 47.0 Å². The molecule has 0 aliphatic heterocycles. The Hall–Kier alpha value is -3.22. The second kappa shape index (κ2) is 9.64. The minimum atomic E-state index is -0.198. The van der Waals surface area contributed by atoms with Crippen LogP contribution in [0.1, 0.15) is 21.5 Å². The smallest absolute Gasteiger partial charge is 0.260 e. The van der Waals surface area contributed by atoms with E-state index in [9.17, 15) is 9.59 Å². The molecular formula is C21H25NO6. The largest absolute Gasteiger partial charge is 0.493 e. The molecule has 0 unspecified atom stereocenters. The van der Waals surface area contributed by atoms with Gasteiger partial charge in [-0.25, -0.2) is 0 Å². The molecule has 0 N–H and O–H groups in total. The molecule has 2 rings (SSSR count). The number of methoxy groups -OCH3 is 3. The van der Waals surface area contributed by atoms with E-state index >= 15 is 0 Å². The fraction of sp³-hybridized carbons (Fsp3) is 0.333. The molecule has 0 fully saturated rings. The Balaban J connectivity index is 2.05. The lowest BCUT2D eigenvalue weighted by atomic mass is 10.1. The monoisotopic (exact) mass is 387 g/mol. The molecule has 0 saturated heterocycles. The Labute approximate surface area is 164 Å². The average Bonchev–Trinajstić information content (AvgIpc) is 2.72. The van der Waals surface area contributed by atoms with Gasteiger partial charge in [0.05, 0.1) is 21.3 Å². The molecule has 0 heterocycles. The summed E-state index contributed by atoms with van der Waals surface area (Å²) in [5.74, 6) is 1.86. The number of carbonyl (C=O) groups excluding carboxylic acids is 2. The fourth-order valence-electron chi connectivity index (χ4n) is 2.66. The molecule has 0 aliphatic rings. The minimum Gasteiger partial charge on any atom is -0.493 e. The van der Waals surface area contributed by atoms with E-state index in [1.54, 1.807) is 44.4 Å². The van der Waals surface area contributed by atoms with Crippen molar-refractivity contribution in [2.24, 2.45) is 0 Å². The van der Waals surface area contributed by atoms with Gasteiger partial charge in [0.2, 0.25) is 0 Å². The van der Waals surface area contributed by atoms with E-state index in [2.05, 4.69) is 0 Å². The Kier molecular flexibility index (Phi) is 7.26. The summed E-state index contributed by atoms with van der Waals surface area (Å²) >= 11 is 0. The van der Waals surface area contributed by atoms with Gasteiger partial charge in [0.25, 0.3) is 5.91 Å². The summed E-state index contributed by atoms with van der Waals surface area (Å²) in [7, 11) is 6.34. The number of carbonyl (C=O) groups is 2. The van der Waals surface area contributed by atoms with Crippen molar-refractivity contribution in [1.29, 1.82) is 0 Å². The van der Waals surface area contributed by atoms with Gasteiger partial charge in [0.15, 0.2) is 29.6 Å². The van der Waals surface area contributed by atoms with Gasteiger partial charge in [-0.2, -0.15) is 0 Å². The highest BCUT2D eigenvalue weighted by molar-refractivity contribution is 5.78. The van der Waals surface area contributed by atoms with E-state index in [4.69, 9.17) is 18.9 Å². The lowest BCUT2D eigenvalue weighted by Gasteiger charge is -2.20. The average molecular weight is 387 g/mol. The number of aryl methyl sites for hydroxylation is 1. The first kappa shape index (κ1) is 21.1. The van der Waals surface area contributed by atoms with E-state index in [1.807, 2.05) is 19.1 Å². The molecule has 7 heteroatoms. The van der Waals surface area contributed by atoms with Gasteiger partial charge in [0.1, 0.15) is 6.29 Å². The maximum Gasteiger partial charge on any atom is 0.260 e. The van der Waals surface area contributed by atoms with Gasteiger partial charge < -0.3 is 23.8 Å². The summed E-state index contributed by atoms with van der Waals surface area (Å²) in [5, 5.41) is 0. The van der Waals surface area contributed by atoms with Crippen molar-refractivity contribution in [2.45, 2.75) is 13.5 Å². The number of amides is 1. The molecule has 1 amide bonds. The zero-order valence-corrected chi connectivity index (χ0v) is 16.8. The minimum absolute atomic E-state index is 0.153. The maximum absolute atomic E-state index is 12.5. The highest BCUT2D eigenvalue weighted by atomic mass is 16.5. The maximum atomic E-state index is 12.5. The molecule has 0 radical (unpaired) electrons. The van der Waals surface area contributed by atoms with Crippen LogP contribution >= 0.6 is 0 Å². The van der Waals surface area contributed by atoms with Gasteiger partial charge in [-0.15, -0.1) is 0 Å². The van der Waals surface area contributed by atoms with Crippen LogP contribution in [0.5, 0.6) is 23.0 Å². The number of aldehydes is 1. The van der Waals surface area contributed by atoms with Crippen LogP contribution in [0, 0.1) is 6.92 Å². The molecule has 0 aliphatic carbocycles. The molecule has 0 aromatic heterocycles. The summed E-state index contributed by atoms with van der Waals surface area (Å²) in [6, 6.07) is 8.51. The molecule has 150 valence electrons. The zero-order valence-electron chi connectivity index (χ0n) is 16.8. The third kappa shape index (κ3) is 4.94. The first-order valence-corrected chi connectivity index (χ1v) is 8.65. The molecule has 7 nitrogen and oxygen atoms in total. The Bertz CT molecular complexity index is 849. The van der Waals surface area contributed by atoms with Gasteiger partial charge in [-0.1, -0.05) is 0 Å². The number of hydrogen-bond donors (Lipinski definition) is 0. The fourth-order valence-corrected chi connectivity index (χ4v) is 2.66. The van der Waals surface area contributed by atoms with E-state index < -0.39 is 0 Å². The summed E-state index contributed by atoms with van der Waals surface area (Å²) in [6.45, 7) is 2.20. The van der Waals surface area contributed by atoms with Crippen molar-refractivity contribution < 1.29 is 28.5 Å². The molecular weight excluding hydrogens is 362 g/mol. The number of likely N-dealkylation sites (N-methyl/N-ethyl adjacent to an activating group) is 1. The van der Waals surface area contributed by atoms with Crippen molar-refractivity contribution >= 4 is 12.2 Å². The van der Waals surface area contributed by atoms with Crippen LogP contribution < -0.4 is 18.9 Å². The number of hydrogen-bond acceptors (Lipinski definition) is 6. The number of benzene rings is 2. The molecule has 0 saturated carbocycles. The third-order valence-corrected chi connectivity index (χ3v) is 4.35. The van der Waals surface area contributed by atoms with Crippen molar-refractivity contribution in [3.63, 3.8) is 0 Å². The van der Waals surface area contributed by atoms with Gasteiger partial charge in [-0.3, -0.25) is 9.59 Å². The summed E-state index contributed by atoms with van der Waals surface area (Å²) in [4.78, 5) is 24.9. The topological polar surface area (TPSA) is 74.3 Å². The van der Waals surface area contributed by atoms with E-state index in [0.717, 1.165) is 17.4 Å². The lowest BCUT2D eigenvalue weighted by Crippen LogP contribution is -2.31. The number of rotatable bonds is 9. The van der Waals surface area contributed by atoms with E-state index in [-0.39, 0.29) is 12.5 Å². The first-order chi connectivity index (χ1) is 13.4. The molecule has 2 aromatic carbocycles. The molecule has 0 bridgehead atoms. The van der Waals surface area contributed by atoms with Crippen LogP contribution in [-0.2, 0) is 11.3 Å². The van der Waals surface area contributed by atoms with Crippen LogP contribution in [-0.4, -0.2) is 52.1 Å². The standard InChI is InChI=1S/C21H25NO6/c1-14-8-18(25-3)20(27-5)10-16(14)11-22(2)21(24)13-28-17-7-6-15(12-23)9-19(17)26-4/h6-10,12H,11,13H2,1-5H3. The van der Waals surface area contributed by atoms with Crippen molar-refractivity contribution in [1.82, 2.24) is 4.90 Å². The summed E-state index contributed by atoms with van der Waals surface area (Å²) in [5.41, 5.74) is 2.40. The number of ether oxygens (including phenoxy) is 4. The molecule has 28 heavy (non-hydrogen) atoms. The second-order valence-corrected chi connectivity index (χ2v) is 6.20. The quantitative estimate of drug-likeness (QED) is 0.616. The Morgan fingerprint density at radius 1 is 0.964 bits per heavy atom. The van der Waals surface area contributed by atoms with E-state index in [1.165, 1.54) is 7.11 Å².